The van der Waals surface area contributed by atoms with Crippen molar-refractivity contribution < 1.29 is 9.90 Å². The van der Waals surface area contributed by atoms with Gasteiger partial charge in [-0.15, -0.1) is 0 Å². The van der Waals surface area contributed by atoms with Crippen LogP contribution in [0.25, 0.3) is 0 Å². The summed E-state index contributed by atoms with van der Waals surface area (Å²) in [5.41, 5.74) is 2.49. The number of carboxylic acids is 1. The number of aromatic carboxylic acids is 1. The second kappa shape index (κ2) is 5.63. The summed E-state index contributed by atoms with van der Waals surface area (Å²) in [6, 6.07) is 10.5. The number of nitrogens with one attached hydrogen (secondary N) is 1. The largest absolute Gasteiger partial charge is 0.478 e. The molecule has 98 valence electrons. The first kappa shape index (κ1) is 13.9. The minimum Gasteiger partial charge on any atom is -0.478 e. The number of carbonyl (C=O) groups is 1. The summed E-state index contributed by atoms with van der Waals surface area (Å²) in [7, 11) is 0. The molecular weight excluding hydrogens is 330 g/mol. The van der Waals surface area contributed by atoms with Gasteiger partial charge in [-0.05, 0) is 58.7 Å². The number of aryl methyl sites for hydroxylation is 1. The first-order chi connectivity index (χ1) is 8.97. The third-order valence-corrected chi connectivity index (χ3v) is 3.84. The van der Waals surface area contributed by atoms with Gasteiger partial charge in [-0.1, -0.05) is 17.7 Å². The van der Waals surface area contributed by atoms with E-state index in [1.165, 1.54) is 0 Å². The highest BCUT2D eigenvalue weighted by Crippen LogP contribution is 2.28. The van der Waals surface area contributed by atoms with Crippen molar-refractivity contribution in [2.45, 2.75) is 6.92 Å². The van der Waals surface area contributed by atoms with Crippen molar-refractivity contribution in [3.63, 3.8) is 0 Å². The average Bonchev–Trinajstić information content (AvgIpc) is 2.33. The fourth-order valence-electron chi connectivity index (χ4n) is 1.68. The van der Waals surface area contributed by atoms with Gasteiger partial charge in [-0.2, -0.15) is 0 Å². The van der Waals surface area contributed by atoms with E-state index >= 15 is 0 Å². The highest BCUT2D eigenvalue weighted by molar-refractivity contribution is 9.10. The Labute approximate surface area is 124 Å². The molecule has 0 radical (unpaired) electrons. The van der Waals surface area contributed by atoms with Crippen molar-refractivity contribution in [3.8, 4) is 0 Å². The standard InChI is InChI=1S/C14H11BrClNO2/c1-8-2-4-10(14(18)19)13(6-8)17-9-3-5-11(15)12(16)7-9/h2-7,17H,1H3,(H,18,19). The van der Waals surface area contributed by atoms with Gasteiger partial charge >= 0.3 is 5.97 Å². The van der Waals surface area contributed by atoms with E-state index in [9.17, 15) is 4.79 Å². The van der Waals surface area contributed by atoms with Gasteiger partial charge in [0.1, 0.15) is 0 Å². The van der Waals surface area contributed by atoms with Gasteiger partial charge in [-0.3, -0.25) is 0 Å². The predicted molar refractivity (Wildman–Crippen MR) is 80.6 cm³/mol. The number of halogens is 2. The topological polar surface area (TPSA) is 49.3 Å². The molecule has 2 N–H and O–H groups in total. The molecule has 0 aliphatic rings. The van der Waals surface area contributed by atoms with Crippen molar-refractivity contribution in [3.05, 3.63) is 57.0 Å². The summed E-state index contributed by atoms with van der Waals surface area (Å²) in [6.45, 7) is 1.91. The molecule has 3 nitrogen and oxygen atoms in total. The van der Waals surface area contributed by atoms with Gasteiger partial charge in [0.05, 0.1) is 16.3 Å². The van der Waals surface area contributed by atoms with E-state index in [2.05, 4.69) is 21.2 Å². The Kier molecular flexibility index (Phi) is 4.12. The Morgan fingerprint density at radius 3 is 2.63 bits per heavy atom. The van der Waals surface area contributed by atoms with Crippen LogP contribution in [0, 0.1) is 6.92 Å². The Bertz CT molecular complexity index is 643. The summed E-state index contributed by atoms with van der Waals surface area (Å²) < 4.78 is 0.794. The number of hydrogen-bond acceptors (Lipinski definition) is 2. The maximum Gasteiger partial charge on any atom is 0.337 e. The molecule has 0 bridgehead atoms. The number of carboxylic acid groups (broad SMARTS) is 1. The molecule has 0 heterocycles. The van der Waals surface area contributed by atoms with Crippen LogP contribution in [0.15, 0.2) is 40.9 Å². The molecule has 0 saturated heterocycles. The Morgan fingerprint density at radius 1 is 1.26 bits per heavy atom. The van der Waals surface area contributed by atoms with Gasteiger partial charge in [0.15, 0.2) is 0 Å². The van der Waals surface area contributed by atoms with Crippen LogP contribution in [0.4, 0.5) is 11.4 Å². The van der Waals surface area contributed by atoms with E-state index in [1.54, 1.807) is 30.3 Å². The monoisotopic (exact) mass is 339 g/mol. The number of rotatable bonds is 3. The number of anilines is 2. The summed E-state index contributed by atoms with van der Waals surface area (Å²) in [5, 5.41) is 12.8. The van der Waals surface area contributed by atoms with E-state index in [0.29, 0.717) is 10.7 Å². The summed E-state index contributed by atoms with van der Waals surface area (Å²) >= 11 is 9.32. The molecular formula is C14H11BrClNO2. The van der Waals surface area contributed by atoms with Crippen LogP contribution in [0.1, 0.15) is 15.9 Å². The molecule has 2 rings (SSSR count). The molecule has 0 aliphatic carbocycles. The normalized spacial score (nSPS) is 10.3. The molecule has 0 atom stereocenters. The van der Waals surface area contributed by atoms with Crippen molar-refractivity contribution in [2.75, 3.05) is 5.32 Å². The second-order valence-electron chi connectivity index (χ2n) is 4.11. The van der Waals surface area contributed by atoms with E-state index in [-0.39, 0.29) is 5.56 Å². The van der Waals surface area contributed by atoms with Crippen LogP contribution < -0.4 is 5.32 Å². The SMILES string of the molecule is Cc1ccc(C(=O)O)c(Nc2ccc(Br)c(Cl)c2)c1. The molecule has 19 heavy (non-hydrogen) atoms. The fourth-order valence-corrected chi connectivity index (χ4v) is 2.10. The molecule has 0 saturated carbocycles. The van der Waals surface area contributed by atoms with E-state index in [0.717, 1.165) is 15.7 Å². The molecule has 2 aromatic carbocycles. The third kappa shape index (κ3) is 3.28. The van der Waals surface area contributed by atoms with Crippen molar-refractivity contribution in [1.82, 2.24) is 0 Å². The Hall–Kier alpha value is -1.52. The first-order valence-electron chi connectivity index (χ1n) is 5.53. The van der Waals surface area contributed by atoms with E-state index in [4.69, 9.17) is 16.7 Å². The highest BCUT2D eigenvalue weighted by Gasteiger charge is 2.10. The molecule has 2 aromatic rings. The molecule has 5 heteroatoms. The van der Waals surface area contributed by atoms with Gasteiger partial charge in [0, 0.05) is 10.2 Å². The second-order valence-corrected chi connectivity index (χ2v) is 5.37. The van der Waals surface area contributed by atoms with Crippen LogP contribution in [0.2, 0.25) is 5.02 Å². The molecule has 0 spiro atoms. The van der Waals surface area contributed by atoms with Crippen molar-refractivity contribution in [2.24, 2.45) is 0 Å². The molecule has 0 unspecified atom stereocenters. The van der Waals surface area contributed by atoms with Crippen LogP contribution in [0.5, 0.6) is 0 Å². The Balaban J connectivity index is 2.39. The van der Waals surface area contributed by atoms with Crippen LogP contribution in [-0.4, -0.2) is 11.1 Å². The maximum absolute atomic E-state index is 11.2. The van der Waals surface area contributed by atoms with Crippen LogP contribution in [0.3, 0.4) is 0 Å². The van der Waals surface area contributed by atoms with E-state index in [1.807, 2.05) is 13.0 Å². The van der Waals surface area contributed by atoms with Crippen molar-refractivity contribution in [1.29, 1.82) is 0 Å². The smallest absolute Gasteiger partial charge is 0.337 e. The molecule has 0 aromatic heterocycles. The lowest BCUT2D eigenvalue weighted by molar-refractivity contribution is 0.0698. The highest BCUT2D eigenvalue weighted by atomic mass is 79.9. The fraction of sp³-hybridized carbons (Fsp3) is 0.0714. The van der Waals surface area contributed by atoms with Gasteiger partial charge in [0.2, 0.25) is 0 Å². The lowest BCUT2D eigenvalue weighted by Crippen LogP contribution is -2.03. The van der Waals surface area contributed by atoms with Gasteiger partial charge in [-0.25, -0.2) is 4.79 Å². The number of benzene rings is 2. The summed E-state index contributed by atoms with van der Waals surface area (Å²) in [6.07, 6.45) is 0. The zero-order valence-electron chi connectivity index (χ0n) is 10.1. The first-order valence-corrected chi connectivity index (χ1v) is 6.70. The maximum atomic E-state index is 11.2. The predicted octanol–water partition coefficient (Wildman–Crippen LogP) is 4.85. The lowest BCUT2D eigenvalue weighted by Gasteiger charge is -2.11. The van der Waals surface area contributed by atoms with Crippen LogP contribution >= 0.6 is 27.5 Å². The van der Waals surface area contributed by atoms with E-state index < -0.39 is 5.97 Å². The average molecular weight is 341 g/mol. The molecule has 0 fully saturated rings. The van der Waals surface area contributed by atoms with Crippen LogP contribution in [-0.2, 0) is 0 Å². The molecule has 0 aliphatic heterocycles. The third-order valence-electron chi connectivity index (χ3n) is 2.60. The minimum absolute atomic E-state index is 0.227. The van der Waals surface area contributed by atoms with Crippen molar-refractivity contribution >= 4 is 44.9 Å². The van der Waals surface area contributed by atoms with Gasteiger partial charge in [0.25, 0.3) is 0 Å². The minimum atomic E-state index is -0.967. The molecule has 0 amide bonds. The number of hydrogen-bond donors (Lipinski definition) is 2. The summed E-state index contributed by atoms with van der Waals surface area (Å²) in [4.78, 5) is 11.2. The summed E-state index contributed by atoms with van der Waals surface area (Å²) in [5.74, 6) is -0.967. The van der Waals surface area contributed by atoms with Gasteiger partial charge < -0.3 is 10.4 Å². The zero-order valence-corrected chi connectivity index (χ0v) is 12.4. The lowest BCUT2D eigenvalue weighted by atomic mass is 10.1. The zero-order chi connectivity index (χ0) is 14.0. The quantitative estimate of drug-likeness (QED) is 0.839. The Morgan fingerprint density at radius 2 is 2.00 bits per heavy atom.